The van der Waals surface area contributed by atoms with E-state index in [1.165, 1.54) is 6.26 Å². The third-order valence-electron chi connectivity index (χ3n) is 3.41. The van der Waals surface area contributed by atoms with Crippen molar-refractivity contribution in [1.82, 2.24) is 10.3 Å². The van der Waals surface area contributed by atoms with Crippen LogP contribution in [0.3, 0.4) is 0 Å². The molecule has 19 heavy (non-hydrogen) atoms. The summed E-state index contributed by atoms with van der Waals surface area (Å²) in [5, 5.41) is 0. The van der Waals surface area contributed by atoms with Gasteiger partial charge in [0, 0.05) is 0 Å². The number of hydrazine groups is 1. The number of carbonyl (C=O) groups excluding carboxylic acids is 2. The van der Waals surface area contributed by atoms with E-state index in [0.29, 0.717) is 17.9 Å². The van der Waals surface area contributed by atoms with Crippen molar-refractivity contribution >= 4 is 11.8 Å². The molecule has 7 heteroatoms. The first-order valence-corrected chi connectivity index (χ1v) is 6.24. The standard InChI is InChI=1S/C12H18N4O3/c13-11(17)9-3-1-2-5-16(9)7-10-8(4-6-19-10)12(18)15-14/h4,6,9H,1-3,5,7,14H2,(H2,13,17)(H,15,18). The lowest BCUT2D eigenvalue weighted by atomic mass is 10.0. The van der Waals surface area contributed by atoms with Crippen molar-refractivity contribution < 1.29 is 14.0 Å². The molecule has 1 saturated heterocycles. The number of furan rings is 1. The molecule has 1 aromatic heterocycles. The smallest absolute Gasteiger partial charge is 0.268 e. The molecule has 0 aromatic carbocycles. The summed E-state index contributed by atoms with van der Waals surface area (Å²) in [6.07, 6.45) is 4.17. The molecule has 7 nitrogen and oxygen atoms in total. The van der Waals surface area contributed by atoms with Gasteiger partial charge in [0.25, 0.3) is 5.91 Å². The number of carbonyl (C=O) groups is 2. The maximum atomic E-state index is 11.5. The van der Waals surface area contributed by atoms with Crippen LogP contribution in [0.1, 0.15) is 35.4 Å². The molecular formula is C12H18N4O3. The maximum absolute atomic E-state index is 11.5. The van der Waals surface area contributed by atoms with Crippen LogP contribution in [-0.2, 0) is 11.3 Å². The number of nitrogen functional groups attached to an aromatic ring is 1. The number of nitrogens with two attached hydrogens (primary N) is 2. The Morgan fingerprint density at radius 3 is 2.95 bits per heavy atom. The molecule has 0 bridgehead atoms. The number of amides is 2. The average molecular weight is 266 g/mol. The van der Waals surface area contributed by atoms with Crippen LogP contribution in [0.15, 0.2) is 16.7 Å². The van der Waals surface area contributed by atoms with Crippen molar-refractivity contribution in [2.24, 2.45) is 11.6 Å². The van der Waals surface area contributed by atoms with Crippen LogP contribution in [0, 0.1) is 0 Å². The number of rotatable bonds is 4. The Balaban J connectivity index is 2.13. The molecule has 5 N–H and O–H groups in total. The molecular weight excluding hydrogens is 248 g/mol. The first-order chi connectivity index (χ1) is 9.13. The Morgan fingerprint density at radius 1 is 1.47 bits per heavy atom. The summed E-state index contributed by atoms with van der Waals surface area (Å²) < 4.78 is 5.31. The second kappa shape index (κ2) is 5.85. The predicted molar refractivity (Wildman–Crippen MR) is 67.6 cm³/mol. The third-order valence-corrected chi connectivity index (χ3v) is 3.41. The number of nitrogens with one attached hydrogen (secondary N) is 1. The van der Waals surface area contributed by atoms with E-state index < -0.39 is 5.91 Å². The van der Waals surface area contributed by atoms with Gasteiger partial charge in [0.2, 0.25) is 5.91 Å². The van der Waals surface area contributed by atoms with Gasteiger partial charge >= 0.3 is 0 Å². The Morgan fingerprint density at radius 2 is 2.26 bits per heavy atom. The van der Waals surface area contributed by atoms with E-state index in [-0.39, 0.29) is 11.9 Å². The van der Waals surface area contributed by atoms with Crippen LogP contribution in [0.25, 0.3) is 0 Å². The van der Waals surface area contributed by atoms with Gasteiger partial charge in [0.1, 0.15) is 5.76 Å². The van der Waals surface area contributed by atoms with Crippen LogP contribution >= 0.6 is 0 Å². The first kappa shape index (κ1) is 13.6. The van der Waals surface area contributed by atoms with E-state index in [4.69, 9.17) is 16.0 Å². The highest BCUT2D eigenvalue weighted by atomic mass is 16.3. The van der Waals surface area contributed by atoms with Crippen LogP contribution < -0.4 is 17.0 Å². The molecule has 1 aromatic rings. The van der Waals surface area contributed by atoms with Crippen molar-refractivity contribution in [3.63, 3.8) is 0 Å². The Bertz CT molecular complexity index is 471. The minimum Gasteiger partial charge on any atom is -0.467 e. The number of nitrogens with zero attached hydrogens (tertiary/aromatic N) is 1. The topological polar surface area (TPSA) is 115 Å². The summed E-state index contributed by atoms with van der Waals surface area (Å²) in [6.45, 7) is 1.14. The predicted octanol–water partition coefficient (Wildman–Crippen LogP) is -0.277. The Kier molecular flexibility index (Phi) is 4.18. The highest BCUT2D eigenvalue weighted by Crippen LogP contribution is 2.21. The van der Waals surface area contributed by atoms with Crippen molar-refractivity contribution in [2.75, 3.05) is 6.54 Å². The molecule has 0 aliphatic carbocycles. The Labute approximate surface area is 110 Å². The molecule has 1 aliphatic heterocycles. The lowest BCUT2D eigenvalue weighted by molar-refractivity contribution is -0.124. The molecule has 2 rings (SSSR count). The highest BCUT2D eigenvalue weighted by Gasteiger charge is 2.28. The van der Waals surface area contributed by atoms with E-state index in [9.17, 15) is 9.59 Å². The van der Waals surface area contributed by atoms with Crippen molar-refractivity contribution in [2.45, 2.75) is 31.8 Å². The Hall–Kier alpha value is -1.86. The van der Waals surface area contributed by atoms with Crippen LogP contribution in [0.2, 0.25) is 0 Å². The summed E-state index contributed by atoms with van der Waals surface area (Å²) in [5.74, 6) is 4.87. The molecule has 1 aliphatic rings. The van der Waals surface area contributed by atoms with Crippen LogP contribution in [0.4, 0.5) is 0 Å². The lowest BCUT2D eigenvalue weighted by Gasteiger charge is -2.32. The molecule has 0 saturated carbocycles. The number of hydrogen-bond donors (Lipinski definition) is 3. The number of piperidine rings is 1. The summed E-state index contributed by atoms with van der Waals surface area (Å²) in [4.78, 5) is 24.9. The normalized spacial score (nSPS) is 20.2. The highest BCUT2D eigenvalue weighted by molar-refractivity contribution is 5.94. The molecule has 0 spiro atoms. The molecule has 0 radical (unpaired) electrons. The quantitative estimate of drug-likeness (QED) is 0.394. The van der Waals surface area contributed by atoms with Gasteiger partial charge in [-0.25, -0.2) is 5.84 Å². The fourth-order valence-electron chi connectivity index (χ4n) is 2.43. The van der Waals surface area contributed by atoms with Gasteiger partial charge in [-0.3, -0.25) is 19.9 Å². The summed E-state index contributed by atoms with van der Waals surface area (Å²) in [5.41, 5.74) is 7.86. The summed E-state index contributed by atoms with van der Waals surface area (Å²) in [6, 6.07) is 1.26. The molecule has 104 valence electrons. The molecule has 2 heterocycles. The lowest BCUT2D eigenvalue weighted by Crippen LogP contribution is -2.47. The number of hydrogen-bond acceptors (Lipinski definition) is 5. The number of primary amides is 1. The van der Waals surface area contributed by atoms with Crippen LogP contribution in [0.5, 0.6) is 0 Å². The third kappa shape index (κ3) is 2.94. The van der Waals surface area contributed by atoms with Gasteiger partial charge in [-0.15, -0.1) is 0 Å². The van der Waals surface area contributed by atoms with Gasteiger partial charge < -0.3 is 10.2 Å². The number of likely N-dealkylation sites (tertiary alicyclic amines) is 1. The van der Waals surface area contributed by atoms with Gasteiger partial charge in [0.05, 0.1) is 24.4 Å². The summed E-state index contributed by atoms with van der Waals surface area (Å²) >= 11 is 0. The molecule has 1 unspecified atom stereocenters. The maximum Gasteiger partial charge on any atom is 0.268 e. The zero-order chi connectivity index (χ0) is 13.8. The van der Waals surface area contributed by atoms with Crippen molar-refractivity contribution in [3.05, 3.63) is 23.7 Å². The van der Waals surface area contributed by atoms with Gasteiger partial charge in [-0.05, 0) is 25.5 Å². The molecule has 1 fully saturated rings. The van der Waals surface area contributed by atoms with E-state index in [1.807, 2.05) is 4.90 Å². The monoisotopic (exact) mass is 266 g/mol. The zero-order valence-corrected chi connectivity index (χ0v) is 10.6. The SMILES string of the molecule is NNC(=O)c1ccoc1CN1CCCCC1C(N)=O. The zero-order valence-electron chi connectivity index (χ0n) is 10.6. The second-order valence-electron chi connectivity index (χ2n) is 4.62. The van der Waals surface area contributed by atoms with E-state index in [2.05, 4.69) is 5.43 Å². The van der Waals surface area contributed by atoms with Crippen molar-refractivity contribution in [1.29, 1.82) is 0 Å². The van der Waals surface area contributed by atoms with Crippen LogP contribution in [-0.4, -0.2) is 29.3 Å². The average Bonchev–Trinajstić information content (AvgIpc) is 2.86. The van der Waals surface area contributed by atoms with E-state index in [1.54, 1.807) is 6.07 Å². The fourth-order valence-corrected chi connectivity index (χ4v) is 2.43. The minimum atomic E-state index is -0.406. The van der Waals surface area contributed by atoms with E-state index >= 15 is 0 Å². The fraction of sp³-hybridized carbons (Fsp3) is 0.500. The minimum absolute atomic E-state index is 0.298. The second-order valence-corrected chi connectivity index (χ2v) is 4.62. The van der Waals surface area contributed by atoms with E-state index in [0.717, 1.165) is 25.8 Å². The molecule has 2 amide bonds. The largest absolute Gasteiger partial charge is 0.467 e. The van der Waals surface area contributed by atoms with Gasteiger partial charge in [0.15, 0.2) is 0 Å². The van der Waals surface area contributed by atoms with Gasteiger partial charge in [-0.1, -0.05) is 6.42 Å². The van der Waals surface area contributed by atoms with Crippen molar-refractivity contribution in [3.8, 4) is 0 Å². The molecule has 1 atom stereocenters. The first-order valence-electron chi connectivity index (χ1n) is 6.24. The summed E-state index contributed by atoms with van der Waals surface area (Å²) in [7, 11) is 0. The van der Waals surface area contributed by atoms with Gasteiger partial charge in [-0.2, -0.15) is 0 Å².